The molecule has 30 heavy (non-hydrogen) atoms. The molecular formula is C23H24N2O4S. The second-order valence-electron chi connectivity index (χ2n) is 7.17. The van der Waals surface area contributed by atoms with Crippen LogP contribution in [0, 0.1) is 6.92 Å². The molecule has 1 fully saturated rings. The van der Waals surface area contributed by atoms with Crippen LogP contribution in [0.2, 0.25) is 0 Å². The molecular weight excluding hydrogens is 400 g/mol. The SMILES string of the molecule is Cc1oc(-c2ccccc2)nc1CCOc1cccc(CN2CCSC2C(=O)O)c1. The van der Waals surface area contributed by atoms with Crippen LogP contribution in [0.15, 0.2) is 59.0 Å². The number of oxazole rings is 1. The van der Waals surface area contributed by atoms with Gasteiger partial charge >= 0.3 is 5.97 Å². The molecule has 3 aromatic rings. The zero-order valence-electron chi connectivity index (χ0n) is 16.8. The molecule has 0 bridgehead atoms. The molecule has 1 saturated heterocycles. The topological polar surface area (TPSA) is 75.8 Å². The molecule has 1 aromatic heterocycles. The minimum absolute atomic E-state index is 0.469. The molecule has 2 heterocycles. The van der Waals surface area contributed by atoms with Crippen molar-refractivity contribution in [3.05, 3.63) is 71.6 Å². The molecule has 2 aromatic carbocycles. The van der Waals surface area contributed by atoms with Gasteiger partial charge in [0.05, 0.1) is 12.3 Å². The van der Waals surface area contributed by atoms with Gasteiger partial charge in [-0.25, -0.2) is 9.78 Å². The molecule has 156 valence electrons. The maximum atomic E-state index is 11.4. The van der Waals surface area contributed by atoms with Crippen LogP contribution >= 0.6 is 11.8 Å². The summed E-state index contributed by atoms with van der Waals surface area (Å²) >= 11 is 1.47. The van der Waals surface area contributed by atoms with Crippen LogP contribution in [0.5, 0.6) is 5.75 Å². The Labute approximate surface area is 179 Å². The van der Waals surface area contributed by atoms with Crippen LogP contribution in [-0.4, -0.2) is 45.2 Å². The number of carboxylic acids is 1. The third-order valence-corrected chi connectivity index (χ3v) is 6.24. The number of carboxylic acid groups (broad SMARTS) is 1. The Morgan fingerprint density at radius 3 is 2.90 bits per heavy atom. The maximum Gasteiger partial charge on any atom is 0.331 e. The zero-order chi connectivity index (χ0) is 20.9. The van der Waals surface area contributed by atoms with Gasteiger partial charge in [0, 0.05) is 30.8 Å². The van der Waals surface area contributed by atoms with Gasteiger partial charge in [0.2, 0.25) is 5.89 Å². The summed E-state index contributed by atoms with van der Waals surface area (Å²) in [4.78, 5) is 18.0. The first-order chi connectivity index (χ1) is 14.6. The van der Waals surface area contributed by atoms with E-state index in [9.17, 15) is 9.90 Å². The van der Waals surface area contributed by atoms with Crippen LogP contribution < -0.4 is 4.74 Å². The quantitative estimate of drug-likeness (QED) is 0.580. The average molecular weight is 425 g/mol. The van der Waals surface area contributed by atoms with Gasteiger partial charge in [-0.3, -0.25) is 4.90 Å². The summed E-state index contributed by atoms with van der Waals surface area (Å²) in [6.45, 7) is 3.79. The molecule has 0 radical (unpaired) electrons. The molecule has 1 unspecified atom stereocenters. The highest BCUT2D eigenvalue weighted by Gasteiger charge is 2.31. The van der Waals surface area contributed by atoms with Gasteiger partial charge < -0.3 is 14.3 Å². The fraction of sp³-hybridized carbons (Fsp3) is 0.304. The summed E-state index contributed by atoms with van der Waals surface area (Å²) in [5.74, 6) is 2.27. The molecule has 6 nitrogen and oxygen atoms in total. The molecule has 7 heteroatoms. The summed E-state index contributed by atoms with van der Waals surface area (Å²) in [6, 6.07) is 17.7. The lowest BCUT2D eigenvalue weighted by atomic mass is 10.2. The Hall–Kier alpha value is -2.77. The number of hydrogen-bond donors (Lipinski definition) is 1. The molecule has 1 aliphatic heterocycles. The van der Waals surface area contributed by atoms with E-state index in [-0.39, 0.29) is 0 Å². The lowest BCUT2D eigenvalue weighted by molar-refractivity contribution is -0.139. The van der Waals surface area contributed by atoms with Crippen molar-refractivity contribution < 1.29 is 19.1 Å². The predicted molar refractivity (Wildman–Crippen MR) is 117 cm³/mol. The van der Waals surface area contributed by atoms with E-state index in [2.05, 4.69) is 4.98 Å². The number of thioether (sulfide) groups is 1. The lowest BCUT2D eigenvalue weighted by Gasteiger charge is -2.20. The first-order valence-electron chi connectivity index (χ1n) is 9.92. The number of benzene rings is 2. The minimum Gasteiger partial charge on any atom is -0.493 e. The Morgan fingerprint density at radius 1 is 1.27 bits per heavy atom. The fourth-order valence-corrected chi connectivity index (χ4v) is 4.59. The highest BCUT2D eigenvalue weighted by molar-refractivity contribution is 8.00. The third-order valence-electron chi connectivity index (χ3n) is 5.00. The number of carbonyl (C=O) groups is 1. The van der Waals surface area contributed by atoms with Crippen molar-refractivity contribution in [2.24, 2.45) is 0 Å². The van der Waals surface area contributed by atoms with E-state index in [1.165, 1.54) is 11.8 Å². The largest absolute Gasteiger partial charge is 0.493 e. The first-order valence-corrected chi connectivity index (χ1v) is 11.0. The number of ether oxygens (including phenoxy) is 1. The number of rotatable bonds is 8. The van der Waals surface area contributed by atoms with E-state index in [1.807, 2.05) is 66.4 Å². The first kappa shape index (κ1) is 20.5. The van der Waals surface area contributed by atoms with Gasteiger partial charge in [0.15, 0.2) is 5.37 Å². The Bertz CT molecular complexity index is 1010. The van der Waals surface area contributed by atoms with E-state index in [0.717, 1.165) is 40.6 Å². The summed E-state index contributed by atoms with van der Waals surface area (Å²) in [7, 11) is 0. The maximum absolute atomic E-state index is 11.4. The fourth-order valence-electron chi connectivity index (χ4n) is 3.49. The molecule has 0 aliphatic carbocycles. The number of aliphatic carboxylic acids is 1. The highest BCUT2D eigenvalue weighted by Crippen LogP contribution is 2.27. The van der Waals surface area contributed by atoms with Crippen molar-refractivity contribution in [3.63, 3.8) is 0 Å². The van der Waals surface area contributed by atoms with Crippen LogP contribution in [0.3, 0.4) is 0 Å². The van der Waals surface area contributed by atoms with Gasteiger partial charge in [0.25, 0.3) is 0 Å². The standard InChI is InChI=1S/C23H24N2O4S/c1-16-20(24-21(29-16)18-7-3-2-4-8-18)10-12-28-19-9-5-6-17(14-19)15-25-11-13-30-22(25)23(26)27/h2-9,14,22H,10-13,15H2,1H3,(H,26,27). The third kappa shape index (κ3) is 4.86. The number of hydrogen-bond acceptors (Lipinski definition) is 6. The smallest absolute Gasteiger partial charge is 0.331 e. The number of aromatic nitrogens is 1. The minimum atomic E-state index is -0.775. The summed E-state index contributed by atoms with van der Waals surface area (Å²) in [5.41, 5.74) is 2.90. The van der Waals surface area contributed by atoms with Crippen molar-refractivity contribution in [3.8, 4) is 17.2 Å². The van der Waals surface area contributed by atoms with Crippen LogP contribution in [-0.2, 0) is 17.8 Å². The van der Waals surface area contributed by atoms with Gasteiger partial charge in [-0.15, -0.1) is 11.8 Å². The normalized spacial score (nSPS) is 16.6. The van der Waals surface area contributed by atoms with E-state index in [1.54, 1.807) is 0 Å². The monoisotopic (exact) mass is 424 g/mol. The van der Waals surface area contributed by atoms with Gasteiger partial charge in [0.1, 0.15) is 11.5 Å². The summed E-state index contributed by atoms with van der Waals surface area (Å²) in [6.07, 6.45) is 0.649. The molecule has 4 rings (SSSR count). The molecule has 0 spiro atoms. The molecule has 1 aliphatic rings. The predicted octanol–water partition coefficient (Wildman–Crippen LogP) is 4.23. The Kier molecular flexibility index (Phi) is 6.40. The molecule has 0 amide bonds. The Morgan fingerprint density at radius 2 is 2.10 bits per heavy atom. The molecule has 1 atom stereocenters. The second-order valence-corrected chi connectivity index (χ2v) is 8.35. The van der Waals surface area contributed by atoms with E-state index in [4.69, 9.17) is 9.15 Å². The summed E-state index contributed by atoms with van der Waals surface area (Å²) in [5, 5.41) is 8.87. The lowest BCUT2D eigenvalue weighted by Crippen LogP contribution is -2.33. The van der Waals surface area contributed by atoms with E-state index in [0.29, 0.717) is 25.5 Å². The van der Waals surface area contributed by atoms with Crippen molar-refractivity contribution in [1.82, 2.24) is 9.88 Å². The van der Waals surface area contributed by atoms with Crippen LogP contribution in [0.4, 0.5) is 0 Å². The van der Waals surface area contributed by atoms with Crippen molar-refractivity contribution >= 4 is 17.7 Å². The highest BCUT2D eigenvalue weighted by atomic mass is 32.2. The van der Waals surface area contributed by atoms with Crippen molar-refractivity contribution in [2.45, 2.75) is 25.3 Å². The number of nitrogens with zero attached hydrogens (tertiary/aromatic N) is 2. The summed E-state index contributed by atoms with van der Waals surface area (Å²) < 4.78 is 11.7. The van der Waals surface area contributed by atoms with Gasteiger partial charge in [-0.05, 0) is 36.8 Å². The average Bonchev–Trinajstić information content (AvgIpc) is 3.36. The molecule has 0 saturated carbocycles. The van der Waals surface area contributed by atoms with E-state index < -0.39 is 11.3 Å². The second kappa shape index (κ2) is 9.36. The van der Waals surface area contributed by atoms with Crippen molar-refractivity contribution in [2.75, 3.05) is 18.9 Å². The van der Waals surface area contributed by atoms with Crippen LogP contribution in [0.1, 0.15) is 17.0 Å². The Balaban J connectivity index is 1.34. The van der Waals surface area contributed by atoms with Crippen LogP contribution in [0.25, 0.3) is 11.5 Å². The van der Waals surface area contributed by atoms with Gasteiger partial charge in [-0.2, -0.15) is 0 Å². The number of aryl methyl sites for hydroxylation is 1. The molecule has 1 N–H and O–H groups in total. The van der Waals surface area contributed by atoms with E-state index >= 15 is 0 Å². The van der Waals surface area contributed by atoms with Gasteiger partial charge in [-0.1, -0.05) is 30.3 Å². The zero-order valence-corrected chi connectivity index (χ0v) is 17.6. The van der Waals surface area contributed by atoms with Crippen molar-refractivity contribution in [1.29, 1.82) is 0 Å².